The molecule has 4 aromatic rings. The number of rotatable bonds is 5. The highest BCUT2D eigenvalue weighted by Crippen LogP contribution is 2.29. The van der Waals surface area contributed by atoms with E-state index >= 15 is 0 Å². The number of aromatic nitrogens is 1. The average Bonchev–Trinajstić information content (AvgIpc) is 3.15. The fourth-order valence-corrected chi connectivity index (χ4v) is 4.38. The largest absolute Gasteiger partial charge is 0.497 e. The van der Waals surface area contributed by atoms with Gasteiger partial charge in [-0.25, -0.2) is 0 Å². The van der Waals surface area contributed by atoms with Gasteiger partial charge in [0.05, 0.1) is 12.5 Å². The number of carbonyl (C=O) groups excluding carboxylic acids is 1. The van der Waals surface area contributed by atoms with E-state index in [0.29, 0.717) is 17.9 Å². The van der Waals surface area contributed by atoms with Crippen LogP contribution in [0.2, 0.25) is 0 Å². The molecule has 5 rings (SSSR count). The van der Waals surface area contributed by atoms with Crippen LogP contribution in [0, 0.1) is 0 Å². The quantitative estimate of drug-likeness (QED) is 0.443. The van der Waals surface area contributed by atoms with Crippen molar-refractivity contribution >= 4 is 16.8 Å². The Morgan fingerprint density at radius 2 is 1.79 bits per heavy atom. The van der Waals surface area contributed by atoms with Crippen LogP contribution in [0.15, 0.2) is 77.3 Å². The minimum atomic E-state index is 0.0587. The third-order valence-corrected chi connectivity index (χ3v) is 6.20. The van der Waals surface area contributed by atoms with Crippen LogP contribution >= 0.6 is 0 Å². The summed E-state index contributed by atoms with van der Waals surface area (Å²) in [6.07, 6.45) is 0.951. The first-order valence-electron chi connectivity index (χ1n) is 11.3. The molecule has 0 radical (unpaired) electrons. The third kappa shape index (κ3) is 4.61. The van der Waals surface area contributed by atoms with Crippen molar-refractivity contribution in [2.24, 2.45) is 0 Å². The Morgan fingerprint density at radius 1 is 0.970 bits per heavy atom. The lowest BCUT2D eigenvalue weighted by Gasteiger charge is -2.22. The summed E-state index contributed by atoms with van der Waals surface area (Å²) < 4.78 is 10.8. The Balaban J connectivity index is 1.29. The van der Waals surface area contributed by atoms with Crippen LogP contribution in [0.25, 0.3) is 22.2 Å². The maximum absolute atomic E-state index is 13.3. The first kappa shape index (κ1) is 21.2. The van der Waals surface area contributed by atoms with Crippen LogP contribution < -0.4 is 4.74 Å². The number of ether oxygens (including phenoxy) is 1. The molecule has 1 aromatic heterocycles. The Hall–Kier alpha value is -3.64. The Labute approximate surface area is 193 Å². The lowest BCUT2D eigenvalue weighted by molar-refractivity contribution is 0.0761. The van der Waals surface area contributed by atoms with E-state index in [9.17, 15) is 4.79 Å². The van der Waals surface area contributed by atoms with Crippen LogP contribution in [-0.2, 0) is 6.54 Å². The van der Waals surface area contributed by atoms with Gasteiger partial charge in [-0.2, -0.15) is 0 Å². The predicted octanol–water partition coefficient (Wildman–Crippen LogP) is 4.85. The van der Waals surface area contributed by atoms with Crippen molar-refractivity contribution in [1.82, 2.24) is 15.0 Å². The first-order valence-corrected chi connectivity index (χ1v) is 11.3. The second-order valence-corrected chi connectivity index (χ2v) is 8.38. The molecule has 1 aliphatic heterocycles. The minimum Gasteiger partial charge on any atom is -0.497 e. The van der Waals surface area contributed by atoms with Gasteiger partial charge in [-0.1, -0.05) is 47.6 Å². The molecule has 6 nitrogen and oxygen atoms in total. The number of hydrogen-bond donors (Lipinski definition) is 0. The highest BCUT2D eigenvalue weighted by molar-refractivity contribution is 6.01. The molecule has 3 aromatic carbocycles. The maximum atomic E-state index is 13.3. The van der Waals surface area contributed by atoms with Gasteiger partial charge in [0.15, 0.2) is 5.76 Å². The molecule has 1 amide bonds. The second kappa shape index (κ2) is 9.46. The molecule has 1 fully saturated rings. The minimum absolute atomic E-state index is 0.0587. The van der Waals surface area contributed by atoms with Crippen LogP contribution in [0.5, 0.6) is 5.75 Å². The van der Waals surface area contributed by atoms with Crippen molar-refractivity contribution in [2.75, 3.05) is 33.3 Å². The van der Waals surface area contributed by atoms with E-state index in [4.69, 9.17) is 9.26 Å². The predicted molar refractivity (Wildman–Crippen MR) is 128 cm³/mol. The van der Waals surface area contributed by atoms with Crippen LogP contribution in [0.3, 0.4) is 0 Å². The molecule has 0 bridgehead atoms. The normalized spacial score (nSPS) is 14.9. The van der Waals surface area contributed by atoms with Crippen LogP contribution in [0.1, 0.15) is 22.3 Å². The highest BCUT2D eigenvalue weighted by Gasteiger charge is 2.22. The lowest BCUT2D eigenvalue weighted by atomic mass is 10.1. The summed E-state index contributed by atoms with van der Waals surface area (Å²) in [5.74, 6) is 1.62. The second-order valence-electron chi connectivity index (χ2n) is 8.38. The Kier molecular flexibility index (Phi) is 6.09. The molecular formula is C27H27N3O3. The van der Waals surface area contributed by atoms with E-state index in [1.54, 1.807) is 7.11 Å². The summed E-state index contributed by atoms with van der Waals surface area (Å²) in [4.78, 5) is 17.7. The number of nitrogens with zero attached hydrogens (tertiary/aromatic N) is 3. The zero-order valence-electron chi connectivity index (χ0n) is 18.7. The molecule has 0 spiro atoms. The number of fused-ring (bicyclic) bond motifs is 1. The fourth-order valence-electron chi connectivity index (χ4n) is 4.38. The van der Waals surface area contributed by atoms with Gasteiger partial charge in [-0.05, 0) is 42.3 Å². The molecule has 1 aliphatic rings. The first-order chi connectivity index (χ1) is 16.2. The van der Waals surface area contributed by atoms with Crippen LogP contribution in [-0.4, -0.2) is 54.2 Å². The number of amides is 1. The number of hydrogen-bond acceptors (Lipinski definition) is 5. The molecule has 0 saturated carbocycles. The Bertz CT molecular complexity index is 1230. The summed E-state index contributed by atoms with van der Waals surface area (Å²) >= 11 is 0. The van der Waals surface area contributed by atoms with Gasteiger partial charge in [0.1, 0.15) is 11.3 Å². The topological polar surface area (TPSA) is 58.8 Å². The van der Waals surface area contributed by atoms with Crippen molar-refractivity contribution in [3.05, 3.63) is 83.9 Å². The summed E-state index contributed by atoms with van der Waals surface area (Å²) in [5.41, 5.74) is 3.63. The van der Waals surface area contributed by atoms with E-state index in [-0.39, 0.29) is 5.91 Å². The molecule has 33 heavy (non-hydrogen) atoms. The molecule has 0 unspecified atom stereocenters. The van der Waals surface area contributed by atoms with Gasteiger partial charge in [-0.3, -0.25) is 9.69 Å². The van der Waals surface area contributed by atoms with Crippen molar-refractivity contribution in [3.8, 4) is 17.1 Å². The van der Waals surface area contributed by atoms with Crippen molar-refractivity contribution in [2.45, 2.75) is 13.0 Å². The molecule has 0 N–H and O–H groups in total. The summed E-state index contributed by atoms with van der Waals surface area (Å²) in [7, 11) is 1.68. The van der Waals surface area contributed by atoms with Gasteiger partial charge < -0.3 is 14.2 Å². The zero-order valence-corrected chi connectivity index (χ0v) is 18.7. The average molecular weight is 442 g/mol. The van der Waals surface area contributed by atoms with Gasteiger partial charge in [0.2, 0.25) is 0 Å². The molecule has 0 atom stereocenters. The summed E-state index contributed by atoms with van der Waals surface area (Å²) in [6, 6.07) is 23.7. The van der Waals surface area contributed by atoms with Crippen molar-refractivity contribution < 1.29 is 14.1 Å². The SMILES string of the molecule is COc1ccc(CN2CCCN(C(=O)c3ccc4noc(-c5ccccc5)c4c3)CC2)cc1. The van der Waals surface area contributed by atoms with E-state index < -0.39 is 0 Å². The molecular weight excluding hydrogens is 414 g/mol. The number of benzene rings is 3. The summed E-state index contributed by atoms with van der Waals surface area (Å²) in [6.45, 7) is 4.16. The summed E-state index contributed by atoms with van der Waals surface area (Å²) in [5, 5.41) is 5.03. The molecule has 1 saturated heterocycles. The maximum Gasteiger partial charge on any atom is 0.253 e. The molecule has 168 valence electrons. The smallest absolute Gasteiger partial charge is 0.253 e. The van der Waals surface area contributed by atoms with Crippen molar-refractivity contribution in [1.29, 1.82) is 0 Å². The van der Waals surface area contributed by atoms with E-state index in [1.807, 2.05) is 65.6 Å². The van der Waals surface area contributed by atoms with Crippen LogP contribution in [0.4, 0.5) is 0 Å². The van der Waals surface area contributed by atoms with Gasteiger partial charge in [0, 0.05) is 43.9 Å². The molecule has 6 heteroatoms. The lowest BCUT2D eigenvalue weighted by Crippen LogP contribution is -2.35. The number of carbonyl (C=O) groups is 1. The van der Waals surface area contributed by atoms with E-state index in [1.165, 1.54) is 5.56 Å². The van der Waals surface area contributed by atoms with Gasteiger partial charge in [-0.15, -0.1) is 0 Å². The fraction of sp³-hybridized carbons (Fsp3) is 0.259. The zero-order chi connectivity index (χ0) is 22.6. The van der Waals surface area contributed by atoms with Gasteiger partial charge >= 0.3 is 0 Å². The molecule has 2 heterocycles. The van der Waals surface area contributed by atoms with E-state index in [2.05, 4.69) is 22.2 Å². The monoisotopic (exact) mass is 441 g/mol. The number of methoxy groups -OCH3 is 1. The van der Waals surface area contributed by atoms with E-state index in [0.717, 1.165) is 54.8 Å². The Morgan fingerprint density at radius 3 is 2.58 bits per heavy atom. The molecule has 0 aliphatic carbocycles. The van der Waals surface area contributed by atoms with Crippen molar-refractivity contribution in [3.63, 3.8) is 0 Å². The standard InChI is InChI=1S/C27H27N3O3/c1-32-23-11-8-20(9-12-23)19-29-14-5-15-30(17-16-29)27(31)22-10-13-25-24(18-22)26(33-28-25)21-6-3-2-4-7-21/h2-4,6-13,18H,5,14-17,19H2,1H3. The highest BCUT2D eigenvalue weighted by atomic mass is 16.5. The third-order valence-electron chi connectivity index (χ3n) is 6.20. The van der Waals surface area contributed by atoms with Gasteiger partial charge in [0.25, 0.3) is 5.91 Å².